The fraction of sp³-hybridized carbons (Fsp3) is 0.222. The average molecular weight is 558 g/mol. The van der Waals surface area contributed by atoms with Crippen molar-refractivity contribution >= 4 is 39.8 Å². The van der Waals surface area contributed by atoms with Crippen molar-refractivity contribution in [3.05, 3.63) is 66.5 Å². The summed E-state index contributed by atoms with van der Waals surface area (Å²) in [5.41, 5.74) is 1.09. The summed E-state index contributed by atoms with van der Waals surface area (Å²) in [4.78, 5) is 27.1. The maximum atomic E-state index is 14.6. The molecule has 0 unspecified atom stereocenters. The van der Waals surface area contributed by atoms with Gasteiger partial charge in [0.15, 0.2) is 23.3 Å². The van der Waals surface area contributed by atoms with E-state index in [2.05, 4.69) is 32.2 Å². The number of methoxy groups -OCH3 is 1. The number of nitrogens with one attached hydrogen (secondary N) is 3. The van der Waals surface area contributed by atoms with Crippen molar-refractivity contribution in [1.29, 1.82) is 0 Å². The number of carbonyl (C=O) groups excluding carboxylic acids is 1. The second-order valence-electron chi connectivity index (χ2n) is 9.09. The number of nitrogens with zero attached hydrogens (tertiary/aromatic N) is 4. The summed E-state index contributed by atoms with van der Waals surface area (Å²) in [6.45, 7) is 4.91. The second-order valence-corrected chi connectivity index (χ2v) is 9.09. The lowest BCUT2D eigenvalue weighted by molar-refractivity contribution is -0.111. The number of benzene rings is 2. The van der Waals surface area contributed by atoms with Gasteiger partial charge in [-0.15, -0.1) is 0 Å². The molecule has 4 aromatic rings. The first-order valence-electron chi connectivity index (χ1n) is 12.0. The van der Waals surface area contributed by atoms with Crippen molar-refractivity contribution in [2.75, 3.05) is 56.9 Å². The molecule has 1 amide bonds. The monoisotopic (exact) mass is 557 g/mol. The number of rotatable bonds is 10. The quantitative estimate of drug-likeness (QED) is 0.109. The minimum Gasteiger partial charge on any atom is -0.494 e. The summed E-state index contributed by atoms with van der Waals surface area (Å²) in [7, 11) is 7.25. The van der Waals surface area contributed by atoms with Crippen LogP contribution in [0.3, 0.4) is 0 Å². The summed E-state index contributed by atoms with van der Waals surface area (Å²) in [5, 5.41) is 5.30. The molecule has 0 aliphatic rings. The number of carbonyl (C=O) groups is 1. The fourth-order valence-electron chi connectivity index (χ4n) is 4.03. The van der Waals surface area contributed by atoms with E-state index in [1.807, 2.05) is 30.9 Å². The molecular weight excluding hydrogens is 530 g/mol. The number of halogens is 4. The van der Waals surface area contributed by atoms with Crippen LogP contribution in [0.25, 0.3) is 22.2 Å². The molecule has 0 spiro atoms. The third-order valence-corrected chi connectivity index (χ3v) is 6.13. The molecule has 210 valence electrons. The Morgan fingerprint density at radius 3 is 2.48 bits per heavy atom. The minimum atomic E-state index is -1.92. The van der Waals surface area contributed by atoms with Gasteiger partial charge in [-0.1, -0.05) is 6.58 Å². The molecule has 0 saturated heterocycles. The molecule has 0 fully saturated rings. The van der Waals surface area contributed by atoms with Gasteiger partial charge in [0.1, 0.15) is 5.75 Å². The van der Waals surface area contributed by atoms with Gasteiger partial charge in [0.25, 0.3) is 0 Å². The summed E-state index contributed by atoms with van der Waals surface area (Å²) < 4.78 is 62.1. The zero-order valence-electron chi connectivity index (χ0n) is 22.2. The largest absolute Gasteiger partial charge is 0.494 e. The number of likely N-dealkylation sites (N-methyl/N-ethyl adjacent to an activating group) is 2. The number of anilines is 4. The Balaban J connectivity index is 1.74. The van der Waals surface area contributed by atoms with Gasteiger partial charge in [0.2, 0.25) is 11.9 Å². The minimum absolute atomic E-state index is 0.000449. The van der Waals surface area contributed by atoms with Gasteiger partial charge in [-0.3, -0.25) is 4.79 Å². The van der Waals surface area contributed by atoms with Crippen LogP contribution < -0.4 is 20.3 Å². The zero-order chi connectivity index (χ0) is 29.1. The van der Waals surface area contributed by atoms with Gasteiger partial charge in [0, 0.05) is 44.2 Å². The molecule has 0 saturated carbocycles. The Morgan fingerprint density at radius 2 is 1.80 bits per heavy atom. The van der Waals surface area contributed by atoms with Gasteiger partial charge in [-0.05, 0) is 32.3 Å². The molecule has 9 nitrogen and oxygen atoms in total. The summed E-state index contributed by atoms with van der Waals surface area (Å²) in [6, 6.07) is 4.77. The maximum absolute atomic E-state index is 14.6. The molecule has 3 N–H and O–H groups in total. The van der Waals surface area contributed by atoms with E-state index in [-0.39, 0.29) is 17.2 Å². The van der Waals surface area contributed by atoms with Crippen molar-refractivity contribution in [3.63, 3.8) is 0 Å². The number of ether oxygens (including phenoxy) is 1. The highest BCUT2D eigenvalue weighted by Crippen LogP contribution is 2.39. The number of amides is 1. The topological polar surface area (TPSA) is 98.4 Å². The lowest BCUT2D eigenvalue weighted by Crippen LogP contribution is -2.29. The fourth-order valence-corrected chi connectivity index (χ4v) is 4.03. The van der Waals surface area contributed by atoms with Gasteiger partial charge in [0.05, 0.1) is 40.8 Å². The Bertz CT molecular complexity index is 1590. The van der Waals surface area contributed by atoms with Crippen LogP contribution >= 0.6 is 0 Å². The van der Waals surface area contributed by atoms with Crippen molar-refractivity contribution in [2.24, 2.45) is 0 Å². The molecule has 2 aromatic heterocycles. The Kier molecular flexibility index (Phi) is 8.24. The standard InChI is InChI=1S/C27H27F4N7O2/c1-6-20(39)34-16-11-17(19(40-5)12-18(16)38(4)10-9-37(2)3)36-27-32-8-7-15(35-27)14-13-33-26-21(14)22(28)23(29)24(30)25(26)31/h6-8,11-13,33H,1,9-10H2,2-5H3,(H,34,39)(H,32,35,36). The molecule has 13 heteroatoms. The van der Waals surface area contributed by atoms with E-state index < -0.39 is 40.1 Å². The number of aromatic amines is 1. The van der Waals surface area contributed by atoms with E-state index in [0.29, 0.717) is 29.4 Å². The van der Waals surface area contributed by atoms with E-state index in [0.717, 1.165) is 12.6 Å². The van der Waals surface area contributed by atoms with Crippen LogP contribution in [0.1, 0.15) is 0 Å². The third-order valence-electron chi connectivity index (χ3n) is 6.13. The van der Waals surface area contributed by atoms with Crippen LogP contribution in [0.15, 0.2) is 43.2 Å². The normalized spacial score (nSPS) is 11.1. The van der Waals surface area contributed by atoms with Crippen molar-refractivity contribution < 1.29 is 27.1 Å². The van der Waals surface area contributed by atoms with Crippen LogP contribution in [0.4, 0.5) is 40.6 Å². The SMILES string of the molecule is C=CC(=O)Nc1cc(Nc2nccc(-c3c[nH]c4c(F)c(F)c(F)c(F)c34)n2)c(OC)cc1N(C)CCN(C)C. The third kappa shape index (κ3) is 5.54. The molecular formula is C27H27F4N7O2. The van der Waals surface area contributed by atoms with Crippen molar-refractivity contribution in [1.82, 2.24) is 19.9 Å². The number of aromatic nitrogens is 3. The number of H-pyrrole nitrogens is 1. The highest BCUT2D eigenvalue weighted by Gasteiger charge is 2.25. The van der Waals surface area contributed by atoms with Gasteiger partial charge >= 0.3 is 0 Å². The average Bonchev–Trinajstić information content (AvgIpc) is 3.39. The summed E-state index contributed by atoms with van der Waals surface area (Å²) >= 11 is 0. The Labute approximate surface area is 227 Å². The second kappa shape index (κ2) is 11.6. The predicted molar refractivity (Wildman–Crippen MR) is 146 cm³/mol. The molecule has 40 heavy (non-hydrogen) atoms. The highest BCUT2D eigenvalue weighted by molar-refractivity contribution is 6.02. The molecule has 2 aromatic carbocycles. The van der Waals surface area contributed by atoms with E-state index in [1.165, 1.54) is 25.6 Å². The van der Waals surface area contributed by atoms with Crippen LogP contribution in [0.2, 0.25) is 0 Å². The predicted octanol–water partition coefficient (Wildman–Crippen LogP) is 5.06. The first-order valence-corrected chi connectivity index (χ1v) is 12.0. The van der Waals surface area contributed by atoms with Gasteiger partial charge in [-0.2, -0.15) is 0 Å². The van der Waals surface area contributed by atoms with E-state index in [4.69, 9.17) is 4.74 Å². The smallest absolute Gasteiger partial charge is 0.247 e. The zero-order valence-corrected chi connectivity index (χ0v) is 22.2. The van der Waals surface area contributed by atoms with Gasteiger partial charge in [-0.25, -0.2) is 27.5 Å². The van der Waals surface area contributed by atoms with Crippen LogP contribution in [0.5, 0.6) is 5.75 Å². The van der Waals surface area contributed by atoms with Crippen LogP contribution in [-0.2, 0) is 4.79 Å². The van der Waals surface area contributed by atoms with E-state index >= 15 is 0 Å². The van der Waals surface area contributed by atoms with Crippen molar-refractivity contribution in [3.8, 4) is 17.0 Å². The van der Waals surface area contributed by atoms with Gasteiger partial charge < -0.3 is 30.2 Å². The Morgan fingerprint density at radius 1 is 1.07 bits per heavy atom. The maximum Gasteiger partial charge on any atom is 0.247 e. The summed E-state index contributed by atoms with van der Waals surface area (Å²) in [5.74, 6) is -6.91. The number of fused-ring (bicyclic) bond motifs is 1. The molecule has 2 heterocycles. The molecule has 0 radical (unpaired) electrons. The molecule has 0 bridgehead atoms. The highest BCUT2D eigenvalue weighted by atomic mass is 19.2. The van der Waals surface area contributed by atoms with E-state index in [9.17, 15) is 22.4 Å². The number of hydrogen-bond acceptors (Lipinski definition) is 7. The van der Waals surface area contributed by atoms with E-state index in [1.54, 1.807) is 12.1 Å². The van der Waals surface area contributed by atoms with Crippen molar-refractivity contribution in [2.45, 2.75) is 0 Å². The molecule has 0 atom stereocenters. The van der Waals surface area contributed by atoms with Crippen LogP contribution in [0, 0.1) is 23.3 Å². The molecule has 0 aliphatic heterocycles. The first-order chi connectivity index (χ1) is 19.0. The first kappa shape index (κ1) is 28.4. The summed E-state index contributed by atoms with van der Waals surface area (Å²) in [6.07, 6.45) is 3.70. The van der Waals surface area contributed by atoms with Crippen LogP contribution in [-0.4, -0.2) is 67.1 Å². The molecule has 0 aliphatic carbocycles. The number of hydrogen-bond donors (Lipinski definition) is 3. The lowest BCUT2D eigenvalue weighted by atomic mass is 10.1. The lowest BCUT2D eigenvalue weighted by Gasteiger charge is -2.26. The Hall–Kier alpha value is -4.65. The molecule has 4 rings (SSSR count).